The summed E-state index contributed by atoms with van der Waals surface area (Å²) >= 11 is 0. The van der Waals surface area contributed by atoms with E-state index < -0.39 is 5.41 Å². The Hall–Kier alpha value is -2.11. The molecule has 1 aromatic rings. The molecule has 4 N–H and O–H groups in total. The number of rotatable bonds is 3. The van der Waals surface area contributed by atoms with Crippen molar-refractivity contribution in [2.24, 2.45) is 16.3 Å². The van der Waals surface area contributed by atoms with Crippen LogP contribution >= 0.6 is 0 Å². The third kappa shape index (κ3) is 2.52. The van der Waals surface area contributed by atoms with Gasteiger partial charge in [-0.1, -0.05) is 18.0 Å². The van der Waals surface area contributed by atoms with Crippen LogP contribution in [0.4, 0.5) is 5.69 Å². The van der Waals surface area contributed by atoms with Crippen molar-refractivity contribution in [3.63, 3.8) is 0 Å². The number of carbonyl (C=O) groups excluding carboxylic acids is 1. The first-order valence-electron chi connectivity index (χ1n) is 6.30. The van der Waals surface area contributed by atoms with Gasteiger partial charge in [0.2, 0.25) is 5.91 Å². The first-order valence-corrected chi connectivity index (χ1v) is 6.30. The van der Waals surface area contributed by atoms with Crippen LogP contribution in [0.5, 0.6) is 0 Å². The molecule has 0 radical (unpaired) electrons. The van der Waals surface area contributed by atoms with Crippen LogP contribution in [0, 0.1) is 12.3 Å². The average Bonchev–Trinajstić information content (AvgIpc) is 2.91. The Labute approximate surface area is 111 Å². The fourth-order valence-corrected chi connectivity index (χ4v) is 2.47. The van der Waals surface area contributed by atoms with E-state index in [-0.39, 0.29) is 11.7 Å². The molecule has 0 bridgehead atoms. The topological polar surface area (TPSA) is 101 Å². The molecular formula is C13H18N4O2. The summed E-state index contributed by atoms with van der Waals surface area (Å²) in [6, 6.07) is 3.61. The van der Waals surface area contributed by atoms with Gasteiger partial charge in [0.05, 0.1) is 11.9 Å². The van der Waals surface area contributed by atoms with Gasteiger partial charge in [-0.15, -0.1) is 0 Å². The second-order valence-corrected chi connectivity index (χ2v) is 4.92. The molecule has 0 unspecified atom stereocenters. The SMILES string of the molecule is Cc1ccc(NC(=O)C2(/C(N)=N/O)CCCC2)cn1. The van der Waals surface area contributed by atoms with E-state index in [1.165, 1.54) is 0 Å². The molecule has 1 heterocycles. The average molecular weight is 262 g/mol. The number of pyridine rings is 1. The summed E-state index contributed by atoms with van der Waals surface area (Å²) in [4.78, 5) is 16.5. The standard InChI is InChI=1S/C13H18N4O2/c1-9-4-5-10(8-15-9)16-12(18)13(11(14)17-19)6-2-3-7-13/h4-5,8,19H,2-3,6-7H2,1H3,(H2,14,17)(H,16,18). The summed E-state index contributed by atoms with van der Waals surface area (Å²) in [6.07, 6.45) is 4.61. The highest BCUT2D eigenvalue weighted by Gasteiger charge is 2.45. The molecule has 6 heteroatoms. The van der Waals surface area contributed by atoms with Gasteiger partial charge in [-0.05, 0) is 31.9 Å². The summed E-state index contributed by atoms with van der Waals surface area (Å²) in [5, 5.41) is 14.7. The van der Waals surface area contributed by atoms with Crippen LogP contribution in [0.1, 0.15) is 31.4 Å². The molecule has 0 spiro atoms. The maximum absolute atomic E-state index is 12.4. The van der Waals surface area contributed by atoms with Crippen LogP contribution in [0.3, 0.4) is 0 Å². The van der Waals surface area contributed by atoms with Crippen molar-refractivity contribution < 1.29 is 10.0 Å². The van der Waals surface area contributed by atoms with E-state index in [4.69, 9.17) is 10.9 Å². The molecule has 19 heavy (non-hydrogen) atoms. The highest BCUT2D eigenvalue weighted by molar-refractivity contribution is 6.12. The monoisotopic (exact) mass is 262 g/mol. The van der Waals surface area contributed by atoms with Gasteiger partial charge in [0.25, 0.3) is 0 Å². The number of aromatic nitrogens is 1. The number of oxime groups is 1. The minimum absolute atomic E-state index is 0.0115. The molecule has 0 saturated heterocycles. The highest BCUT2D eigenvalue weighted by atomic mass is 16.4. The van der Waals surface area contributed by atoms with Crippen LogP contribution in [0.25, 0.3) is 0 Å². The van der Waals surface area contributed by atoms with E-state index >= 15 is 0 Å². The number of anilines is 1. The maximum Gasteiger partial charge on any atom is 0.238 e. The third-order valence-electron chi connectivity index (χ3n) is 3.66. The Morgan fingerprint density at radius 1 is 1.47 bits per heavy atom. The number of hydrogen-bond acceptors (Lipinski definition) is 4. The number of carbonyl (C=O) groups is 1. The number of amides is 1. The molecule has 1 fully saturated rings. The zero-order valence-electron chi connectivity index (χ0n) is 10.9. The molecule has 1 aliphatic carbocycles. The van der Waals surface area contributed by atoms with Crippen molar-refractivity contribution in [3.05, 3.63) is 24.0 Å². The lowest BCUT2D eigenvalue weighted by Crippen LogP contribution is -2.45. The smallest absolute Gasteiger partial charge is 0.238 e. The van der Waals surface area contributed by atoms with E-state index in [9.17, 15) is 4.79 Å². The van der Waals surface area contributed by atoms with E-state index in [2.05, 4.69) is 15.5 Å². The van der Waals surface area contributed by atoms with Gasteiger partial charge in [-0.3, -0.25) is 9.78 Å². The number of nitrogens with one attached hydrogen (secondary N) is 1. The summed E-state index contributed by atoms with van der Waals surface area (Å²) in [7, 11) is 0. The largest absolute Gasteiger partial charge is 0.409 e. The second kappa shape index (κ2) is 5.26. The predicted molar refractivity (Wildman–Crippen MR) is 71.9 cm³/mol. The summed E-state index contributed by atoms with van der Waals surface area (Å²) in [5.41, 5.74) is 6.32. The Morgan fingerprint density at radius 3 is 2.68 bits per heavy atom. The first kappa shape index (κ1) is 13.3. The molecule has 6 nitrogen and oxygen atoms in total. The molecule has 0 aromatic carbocycles. The summed E-state index contributed by atoms with van der Waals surface area (Å²) < 4.78 is 0. The van der Waals surface area contributed by atoms with Crippen molar-refractivity contribution >= 4 is 17.4 Å². The first-order chi connectivity index (χ1) is 9.08. The number of hydrogen-bond donors (Lipinski definition) is 3. The van der Waals surface area contributed by atoms with Crippen LogP contribution in [0.2, 0.25) is 0 Å². The van der Waals surface area contributed by atoms with E-state index in [1.807, 2.05) is 13.0 Å². The van der Waals surface area contributed by atoms with Gasteiger partial charge in [-0.25, -0.2) is 0 Å². The quantitative estimate of drug-likeness (QED) is 0.333. The van der Waals surface area contributed by atoms with Crippen LogP contribution < -0.4 is 11.1 Å². The highest BCUT2D eigenvalue weighted by Crippen LogP contribution is 2.39. The second-order valence-electron chi connectivity index (χ2n) is 4.92. The summed E-state index contributed by atoms with van der Waals surface area (Å²) in [6.45, 7) is 1.88. The van der Waals surface area contributed by atoms with Crippen LogP contribution in [-0.4, -0.2) is 21.9 Å². The zero-order valence-corrected chi connectivity index (χ0v) is 10.9. The number of nitrogens with two attached hydrogens (primary N) is 1. The van der Waals surface area contributed by atoms with Gasteiger partial charge in [-0.2, -0.15) is 0 Å². The van der Waals surface area contributed by atoms with Crippen LogP contribution in [0.15, 0.2) is 23.5 Å². The lowest BCUT2D eigenvalue weighted by molar-refractivity contribution is -0.122. The van der Waals surface area contributed by atoms with Crippen molar-refractivity contribution in [1.29, 1.82) is 0 Å². The molecule has 0 atom stereocenters. The van der Waals surface area contributed by atoms with Gasteiger partial charge in [0, 0.05) is 5.69 Å². The molecule has 1 aliphatic rings. The zero-order chi connectivity index (χ0) is 13.9. The summed E-state index contributed by atoms with van der Waals surface area (Å²) in [5.74, 6) is -0.242. The molecule has 0 aliphatic heterocycles. The Morgan fingerprint density at radius 2 is 2.16 bits per heavy atom. The minimum atomic E-state index is -0.889. The lowest BCUT2D eigenvalue weighted by Gasteiger charge is -2.25. The van der Waals surface area contributed by atoms with Gasteiger partial charge < -0.3 is 16.3 Å². The molecule has 2 rings (SSSR count). The van der Waals surface area contributed by atoms with E-state index in [0.717, 1.165) is 18.5 Å². The Bertz CT molecular complexity index is 490. The van der Waals surface area contributed by atoms with Crippen molar-refractivity contribution in [2.45, 2.75) is 32.6 Å². The molecular weight excluding hydrogens is 244 g/mol. The third-order valence-corrected chi connectivity index (χ3v) is 3.66. The lowest BCUT2D eigenvalue weighted by atomic mass is 9.83. The Balaban J connectivity index is 2.19. The number of aryl methyl sites for hydroxylation is 1. The molecule has 102 valence electrons. The molecule has 1 amide bonds. The predicted octanol–water partition coefficient (Wildman–Crippen LogP) is 1.64. The van der Waals surface area contributed by atoms with Gasteiger partial charge in [0.15, 0.2) is 5.84 Å². The van der Waals surface area contributed by atoms with Gasteiger partial charge >= 0.3 is 0 Å². The minimum Gasteiger partial charge on any atom is -0.409 e. The number of nitrogens with zero attached hydrogens (tertiary/aromatic N) is 2. The van der Waals surface area contributed by atoms with Crippen molar-refractivity contribution in [1.82, 2.24) is 4.98 Å². The number of amidine groups is 1. The normalized spacial score (nSPS) is 18.3. The fraction of sp³-hybridized carbons (Fsp3) is 0.462. The molecule has 1 aromatic heterocycles. The molecule has 1 saturated carbocycles. The van der Waals surface area contributed by atoms with Crippen molar-refractivity contribution in [3.8, 4) is 0 Å². The maximum atomic E-state index is 12.4. The van der Waals surface area contributed by atoms with E-state index in [0.29, 0.717) is 18.5 Å². The fourth-order valence-electron chi connectivity index (χ4n) is 2.47. The Kier molecular flexibility index (Phi) is 3.69. The van der Waals surface area contributed by atoms with E-state index in [1.54, 1.807) is 12.3 Å². The van der Waals surface area contributed by atoms with Crippen molar-refractivity contribution in [2.75, 3.05) is 5.32 Å². The van der Waals surface area contributed by atoms with Crippen LogP contribution in [-0.2, 0) is 4.79 Å². The van der Waals surface area contributed by atoms with Gasteiger partial charge in [0.1, 0.15) is 5.41 Å².